The summed E-state index contributed by atoms with van der Waals surface area (Å²) in [5, 5.41) is 11.7. The van der Waals surface area contributed by atoms with E-state index in [9.17, 15) is 4.79 Å². The molecule has 0 atom stereocenters. The topological polar surface area (TPSA) is 49.3 Å². The first-order chi connectivity index (χ1) is 12.6. The zero-order chi connectivity index (χ0) is 18.8. The van der Waals surface area contributed by atoms with Gasteiger partial charge in [-0.2, -0.15) is 0 Å². The fourth-order valence-electron chi connectivity index (χ4n) is 2.45. The first-order valence-electron chi connectivity index (χ1n) is 8.52. The molecular weight excluding hydrogens is 469 g/mol. The van der Waals surface area contributed by atoms with Crippen molar-refractivity contribution in [1.29, 1.82) is 0 Å². The van der Waals surface area contributed by atoms with E-state index in [1.54, 1.807) is 11.3 Å². The zero-order valence-corrected chi connectivity index (χ0v) is 18.5. The molecule has 0 aliphatic rings. The van der Waals surface area contributed by atoms with Crippen LogP contribution in [-0.2, 0) is 11.2 Å². The van der Waals surface area contributed by atoms with E-state index in [0.717, 1.165) is 26.4 Å². The summed E-state index contributed by atoms with van der Waals surface area (Å²) in [5.41, 5.74) is 3.43. The molecule has 3 rings (SSSR count). The van der Waals surface area contributed by atoms with Crippen molar-refractivity contribution in [3.05, 3.63) is 77.7 Å². The molecule has 2 aromatic carbocycles. The lowest BCUT2D eigenvalue weighted by Gasteiger charge is -2.02. The molecule has 0 radical (unpaired) electrons. The number of hydrogen-bond donors (Lipinski definition) is 2. The van der Waals surface area contributed by atoms with Gasteiger partial charge in [-0.05, 0) is 37.4 Å². The van der Waals surface area contributed by atoms with E-state index >= 15 is 0 Å². The second-order valence-electron chi connectivity index (χ2n) is 5.80. The predicted octanol–water partition coefficient (Wildman–Crippen LogP) is 2.22. The summed E-state index contributed by atoms with van der Waals surface area (Å²) in [7, 11) is 3.75. The molecule has 1 aromatic heterocycles. The fourth-order valence-corrected chi connectivity index (χ4v) is 3.56. The Kier molecular flexibility index (Phi) is 10.8. The molecule has 5 heteroatoms. The Bertz CT molecular complexity index is 768. The van der Waals surface area contributed by atoms with E-state index in [-0.39, 0.29) is 30.4 Å². The van der Waals surface area contributed by atoms with Crippen molar-refractivity contribution in [3.63, 3.8) is 0 Å². The highest BCUT2D eigenvalue weighted by Gasteiger charge is 2.18. The minimum absolute atomic E-state index is 0. The van der Waals surface area contributed by atoms with Crippen molar-refractivity contribution < 1.29 is 33.9 Å². The van der Waals surface area contributed by atoms with Crippen molar-refractivity contribution in [1.82, 2.24) is 5.32 Å². The summed E-state index contributed by atoms with van der Waals surface area (Å²) in [4.78, 5) is 13.1. The second-order valence-corrected chi connectivity index (χ2v) is 6.97. The molecule has 3 nitrogen and oxygen atoms in total. The summed E-state index contributed by atoms with van der Waals surface area (Å²) >= 11 is 1.66. The molecule has 0 amide bonds. The largest absolute Gasteiger partial charge is 1.00 e. The predicted molar refractivity (Wildman–Crippen MR) is 111 cm³/mol. The van der Waals surface area contributed by atoms with Gasteiger partial charge in [-0.3, -0.25) is 4.79 Å². The van der Waals surface area contributed by atoms with Gasteiger partial charge in [0.1, 0.15) is 0 Å². The van der Waals surface area contributed by atoms with Crippen LogP contribution in [0.4, 0.5) is 0 Å². The maximum atomic E-state index is 10.9. The van der Waals surface area contributed by atoms with E-state index in [1.165, 1.54) is 0 Å². The van der Waals surface area contributed by atoms with Crippen LogP contribution in [0.5, 0.6) is 0 Å². The third-order valence-electron chi connectivity index (χ3n) is 3.59. The lowest BCUT2D eigenvalue weighted by Crippen LogP contribution is -3.00. The van der Waals surface area contributed by atoms with Gasteiger partial charge >= 0.3 is 5.97 Å². The van der Waals surface area contributed by atoms with Crippen LogP contribution in [0.15, 0.2) is 72.8 Å². The summed E-state index contributed by atoms with van der Waals surface area (Å²) < 4.78 is 0. The van der Waals surface area contributed by atoms with Crippen LogP contribution in [0, 0.1) is 0 Å². The standard InChI is InChI=1S/C20H16O2S.C2H7N.HI/c21-20(22)12-11-18-13-17(15-7-3-1-4-8-15)14-19(23-18)16-9-5-2-6-10-16;1-3-2;/h1-10,13-14H,11-12H2;3H,1-2H3;1H. The molecule has 27 heavy (non-hydrogen) atoms. The zero-order valence-electron chi connectivity index (χ0n) is 15.5. The SMILES string of the molecule is CNC.O=C(O)CCc1cc(-c2ccccc2)cc(-c2ccccc2)[s+]1.[I-]. The Hall–Kier alpha value is -1.83. The number of carboxylic acids is 1. The number of aryl methyl sites for hydroxylation is 1. The van der Waals surface area contributed by atoms with Crippen molar-refractivity contribution in [2.45, 2.75) is 12.8 Å². The molecule has 0 spiro atoms. The highest BCUT2D eigenvalue weighted by Crippen LogP contribution is 2.32. The average molecular weight is 493 g/mol. The molecule has 0 saturated carbocycles. The Morgan fingerprint density at radius 3 is 1.93 bits per heavy atom. The fraction of sp³-hybridized carbons (Fsp3) is 0.182. The van der Waals surface area contributed by atoms with Crippen LogP contribution in [0.2, 0.25) is 0 Å². The maximum absolute atomic E-state index is 10.9. The summed E-state index contributed by atoms with van der Waals surface area (Å²) in [6.07, 6.45) is 0.712. The van der Waals surface area contributed by atoms with Gasteiger partial charge in [-0.1, -0.05) is 48.5 Å². The van der Waals surface area contributed by atoms with E-state index in [0.29, 0.717) is 6.42 Å². The van der Waals surface area contributed by atoms with Gasteiger partial charge in [-0.15, -0.1) is 0 Å². The summed E-state index contributed by atoms with van der Waals surface area (Å²) in [5.74, 6) is -0.761. The summed E-state index contributed by atoms with van der Waals surface area (Å²) in [6.45, 7) is 0. The Labute approximate surface area is 182 Å². The monoisotopic (exact) mass is 493 g/mol. The highest BCUT2D eigenvalue weighted by molar-refractivity contribution is 7.15. The van der Waals surface area contributed by atoms with Gasteiger partial charge in [0.15, 0.2) is 0 Å². The Balaban J connectivity index is 0.000000855. The number of carboxylic acid groups (broad SMARTS) is 1. The lowest BCUT2D eigenvalue weighted by atomic mass is 10.0. The van der Waals surface area contributed by atoms with Crippen LogP contribution in [-0.4, -0.2) is 25.2 Å². The summed E-state index contributed by atoms with van der Waals surface area (Å²) in [6, 6.07) is 24.7. The van der Waals surface area contributed by atoms with Gasteiger partial charge in [0.05, 0.1) is 6.42 Å². The van der Waals surface area contributed by atoms with E-state index in [2.05, 4.69) is 41.7 Å². The van der Waals surface area contributed by atoms with Gasteiger partial charge in [0.2, 0.25) is 21.1 Å². The molecule has 0 saturated heterocycles. The van der Waals surface area contributed by atoms with Crippen molar-refractivity contribution >= 4 is 17.3 Å². The molecule has 0 bridgehead atoms. The Morgan fingerprint density at radius 2 is 1.41 bits per heavy atom. The molecule has 3 aromatic rings. The number of halogens is 1. The van der Waals surface area contributed by atoms with Crippen LogP contribution < -0.4 is 29.3 Å². The highest BCUT2D eigenvalue weighted by atomic mass is 127. The van der Waals surface area contributed by atoms with E-state index < -0.39 is 5.97 Å². The first-order valence-corrected chi connectivity index (χ1v) is 9.34. The minimum atomic E-state index is -0.761. The third-order valence-corrected chi connectivity index (χ3v) is 4.75. The van der Waals surface area contributed by atoms with Crippen LogP contribution in [0.3, 0.4) is 0 Å². The van der Waals surface area contributed by atoms with Gasteiger partial charge in [0.25, 0.3) is 0 Å². The molecule has 2 N–H and O–H groups in total. The lowest BCUT2D eigenvalue weighted by molar-refractivity contribution is -0.136. The molecule has 0 aliphatic heterocycles. The third kappa shape index (κ3) is 7.74. The van der Waals surface area contributed by atoms with E-state index in [1.807, 2.05) is 50.5 Å². The molecular formula is C22H24INO2S. The molecule has 0 fully saturated rings. The smallest absolute Gasteiger partial charge is 0.303 e. The molecule has 0 aliphatic carbocycles. The van der Waals surface area contributed by atoms with Crippen LogP contribution in [0.1, 0.15) is 11.3 Å². The molecule has 142 valence electrons. The normalized spacial score (nSPS) is 9.56. The average Bonchev–Trinajstić information content (AvgIpc) is 2.68. The number of aliphatic carboxylic acids is 1. The van der Waals surface area contributed by atoms with Gasteiger partial charge in [0, 0.05) is 24.1 Å². The number of carbonyl (C=O) groups is 1. The second kappa shape index (κ2) is 12.5. The Morgan fingerprint density at radius 1 is 0.889 bits per heavy atom. The minimum Gasteiger partial charge on any atom is -1.00 e. The van der Waals surface area contributed by atoms with Crippen LogP contribution >= 0.6 is 11.3 Å². The van der Waals surface area contributed by atoms with Gasteiger partial charge < -0.3 is 34.4 Å². The van der Waals surface area contributed by atoms with Crippen LogP contribution in [0.25, 0.3) is 21.6 Å². The van der Waals surface area contributed by atoms with Gasteiger partial charge in [-0.25, -0.2) is 0 Å². The van der Waals surface area contributed by atoms with Crippen molar-refractivity contribution in [3.8, 4) is 21.6 Å². The number of benzene rings is 2. The first kappa shape index (κ1) is 23.2. The van der Waals surface area contributed by atoms with Crippen molar-refractivity contribution in [2.24, 2.45) is 0 Å². The number of hydrogen-bond acceptors (Lipinski definition) is 2. The van der Waals surface area contributed by atoms with E-state index in [4.69, 9.17) is 5.11 Å². The van der Waals surface area contributed by atoms with Crippen molar-refractivity contribution in [2.75, 3.05) is 14.1 Å². The number of rotatable bonds is 5. The number of nitrogens with one attached hydrogen (secondary N) is 1. The molecule has 1 heterocycles. The maximum Gasteiger partial charge on any atom is 0.303 e. The molecule has 0 unspecified atom stereocenters. The quantitative estimate of drug-likeness (QED) is 0.424.